The predicted octanol–water partition coefficient (Wildman–Crippen LogP) is 1.69. The fourth-order valence-electron chi connectivity index (χ4n) is 3.04. The summed E-state index contributed by atoms with van der Waals surface area (Å²) in [6.45, 7) is 7.65. The summed E-state index contributed by atoms with van der Waals surface area (Å²) in [7, 11) is 0. The second-order valence-corrected chi connectivity index (χ2v) is 6.18. The van der Waals surface area contributed by atoms with Gasteiger partial charge in [0.1, 0.15) is 11.6 Å². The van der Waals surface area contributed by atoms with Gasteiger partial charge in [0, 0.05) is 6.04 Å². The number of hydrogen-bond acceptors (Lipinski definition) is 2. The Morgan fingerprint density at radius 3 is 2.44 bits per heavy atom. The van der Waals surface area contributed by atoms with E-state index in [0.29, 0.717) is 12.3 Å². The van der Waals surface area contributed by atoms with E-state index in [1.807, 2.05) is 11.8 Å². The number of rotatable bonds is 3. The van der Waals surface area contributed by atoms with Gasteiger partial charge in [-0.25, -0.2) is 0 Å². The number of piperazine rings is 1. The standard InChI is InChI=1S/C14H24N2O2/c1-5-11-12(17)15-14(3,4)13(18)16(11)9(2)10-7-6-8-10/h9-11H,5-8H2,1-4H3,(H,15,17). The Balaban J connectivity index is 2.25. The van der Waals surface area contributed by atoms with Crippen molar-refractivity contribution in [2.75, 3.05) is 0 Å². The van der Waals surface area contributed by atoms with Gasteiger partial charge in [0.25, 0.3) is 0 Å². The first-order valence-corrected chi connectivity index (χ1v) is 7.03. The Bertz CT molecular complexity index is 361. The maximum Gasteiger partial charge on any atom is 0.248 e. The van der Waals surface area contributed by atoms with Crippen LogP contribution in [0.1, 0.15) is 53.4 Å². The zero-order valence-corrected chi connectivity index (χ0v) is 11.8. The first-order chi connectivity index (χ1) is 8.38. The molecule has 0 aromatic rings. The maximum absolute atomic E-state index is 12.6. The molecule has 1 aliphatic heterocycles. The fraction of sp³-hybridized carbons (Fsp3) is 0.857. The van der Waals surface area contributed by atoms with E-state index in [1.165, 1.54) is 19.3 Å². The summed E-state index contributed by atoms with van der Waals surface area (Å²) in [5.74, 6) is 0.631. The van der Waals surface area contributed by atoms with Crippen LogP contribution < -0.4 is 5.32 Å². The van der Waals surface area contributed by atoms with Gasteiger partial charge in [0.15, 0.2) is 0 Å². The zero-order chi connectivity index (χ0) is 13.5. The average molecular weight is 252 g/mol. The van der Waals surface area contributed by atoms with Crippen molar-refractivity contribution in [3.8, 4) is 0 Å². The molecule has 1 N–H and O–H groups in total. The van der Waals surface area contributed by atoms with Crippen LogP contribution in [0.3, 0.4) is 0 Å². The number of carbonyl (C=O) groups excluding carboxylic acids is 2. The summed E-state index contributed by atoms with van der Waals surface area (Å²) < 4.78 is 0. The number of hydrogen-bond donors (Lipinski definition) is 1. The van der Waals surface area contributed by atoms with Crippen molar-refractivity contribution in [2.45, 2.75) is 71.0 Å². The average Bonchev–Trinajstić information content (AvgIpc) is 2.19. The highest BCUT2D eigenvalue weighted by atomic mass is 16.2. The van der Waals surface area contributed by atoms with Crippen molar-refractivity contribution in [1.82, 2.24) is 10.2 Å². The summed E-state index contributed by atoms with van der Waals surface area (Å²) in [6.07, 6.45) is 4.31. The van der Waals surface area contributed by atoms with Crippen molar-refractivity contribution in [3.63, 3.8) is 0 Å². The molecule has 1 aliphatic carbocycles. The summed E-state index contributed by atoms with van der Waals surface area (Å²) >= 11 is 0. The highest BCUT2D eigenvalue weighted by Gasteiger charge is 2.47. The largest absolute Gasteiger partial charge is 0.340 e. The molecule has 0 aromatic carbocycles. The third-order valence-electron chi connectivity index (χ3n) is 4.50. The van der Waals surface area contributed by atoms with Crippen molar-refractivity contribution in [3.05, 3.63) is 0 Å². The van der Waals surface area contributed by atoms with Gasteiger partial charge in [-0.2, -0.15) is 0 Å². The molecule has 102 valence electrons. The van der Waals surface area contributed by atoms with E-state index in [-0.39, 0.29) is 23.9 Å². The Labute approximate surface area is 109 Å². The Kier molecular flexibility index (Phi) is 3.39. The van der Waals surface area contributed by atoms with E-state index in [1.54, 1.807) is 13.8 Å². The normalized spacial score (nSPS) is 29.8. The highest BCUT2D eigenvalue weighted by Crippen LogP contribution is 2.35. The topological polar surface area (TPSA) is 49.4 Å². The van der Waals surface area contributed by atoms with Gasteiger partial charge in [0.2, 0.25) is 11.8 Å². The van der Waals surface area contributed by atoms with Gasteiger partial charge in [-0.15, -0.1) is 0 Å². The molecule has 0 bridgehead atoms. The van der Waals surface area contributed by atoms with Crippen molar-refractivity contribution < 1.29 is 9.59 Å². The molecule has 1 saturated heterocycles. The van der Waals surface area contributed by atoms with E-state index in [9.17, 15) is 9.59 Å². The van der Waals surface area contributed by atoms with Gasteiger partial charge in [-0.1, -0.05) is 13.3 Å². The van der Waals surface area contributed by atoms with Crippen LogP contribution in [0.15, 0.2) is 0 Å². The van der Waals surface area contributed by atoms with E-state index in [2.05, 4.69) is 12.2 Å². The molecule has 2 unspecified atom stereocenters. The van der Waals surface area contributed by atoms with Crippen LogP contribution in [0.5, 0.6) is 0 Å². The molecule has 2 aliphatic rings. The van der Waals surface area contributed by atoms with Gasteiger partial charge < -0.3 is 10.2 Å². The molecule has 0 radical (unpaired) electrons. The highest BCUT2D eigenvalue weighted by molar-refractivity contribution is 5.99. The second-order valence-electron chi connectivity index (χ2n) is 6.18. The van der Waals surface area contributed by atoms with Crippen LogP contribution in [-0.2, 0) is 9.59 Å². The van der Waals surface area contributed by atoms with Crippen LogP contribution in [-0.4, -0.2) is 34.3 Å². The van der Waals surface area contributed by atoms with Crippen LogP contribution >= 0.6 is 0 Å². The van der Waals surface area contributed by atoms with E-state index < -0.39 is 5.54 Å². The predicted molar refractivity (Wildman–Crippen MR) is 69.9 cm³/mol. The van der Waals surface area contributed by atoms with Gasteiger partial charge >= 0.3 is 0 Å². The Morgan fingerprint density at radius 1 is 1.39 bits per heavy atom. The molecule has 2 amide bonds. The van der Waals surface area contributed by atoms with E-state index in [4.69, 9.17) is 0 Å². The molecule has 4 heteroatoms. The maximum atomic E-state index is 12.6. The third-order valence-corrected chi connectivity index (χ3v) is 4.50. The molecule has 0 spiro atoms. The van der Waals surface area contributed by atoms with Gasteiger partial charge in [-0.3, -0.25) is 9.59 Å². The number of amides is 2. The lowest BCUT2D eigenvalue weighted by Crippen LogP contribution is -2.70. The van der Waals surface area contributed by atoms with Crippen LogP contribution in [0, 0.1) is 5.92 Å². The first-order valence-electron chi connectivity index (χ1n) is 7.03. The van der Waals surface area contributed by atoms with Crippen molar-refractivity contribution in [2.24, 2.45) is 5.92 Å². The molecule has 2 atom stereocenters. The monoisotopic (exact) mass is 252 g/mol. The third kappa shape index (κ3) is 2.02. The summed E-state index contributed by atoms with van der Waals surface area (Å²) in [5.41, 5.74) is -0.763. The molecule has 4 nitrogen and oxygen atoms in total. The van der Waals surface area contributed by atoms with E-state index in [0.717, 1.165) is 0 Å². The Morgan fingerprint density at radius 2 is 2.00 bits per heavy atom. The minimum Gasteiger partial charge on any atom is -0.340 e. The first kappa shape index (κ1) is 13.4. The molecule has 1 saturated carbocycles. The lowest BCUT2D eigenvalue weighted by Gasteiger charge is -2.49. The molecule has 2 rings (SSSR count). The lowest BCUT2D eigenvalue weighted by molar-refractivity contribution is -0.158. The smallest absolute Gasteiger partial charge is 0.248 e. The molecule has 0 aromatic heterocycles. The molecule has 2 fully saturated rings. The number of carbonyl (C=O) groups is 2. The van der Waals surface area contributed by atoms with Crippen molar-refractivity contribution in [1.29, 1.82) is 0 Å². The summed E-state index contributed by atoms with van der Waals surface area (Å²) in [6, 6.07) is -0.109. The SMILES string of the molecule is CCC1C(=O)NC(C)(C)C(=O)N1C(C)C1CCC1. The minimum absolute atomic E-state index is 0.00623. The fourth-order valence-corrected chi connectivity index (χ4v) is 3.04. The summed E-state index contributed by atoms with van der Waals surface area (Å²) in [4.78, 5) is 26.5. The van der Waals surface area contributed by atoms with Gasteiger partial charge in [-0.05, 0) is 46.0 Å². The van der Waals surface area contributed by atoms with Crippen LogP contribution in [0.25, 0.3) is 0 Å². The molecular formula is C14H24N2O2. The molecular weight excluding hydrogens is 228 g/mol. The van der Waals surface area contributed by atoms with Gasteiger partial charge in [0.05, 0.1) is 0 Å². The number of nitrogens with zero attached hydrogens (tertiary/aromatic N) is 1. The van der Waals surface area contributed by atoms with Crippen LogP contribution in [0.2, 0.25) is 0 Å². The summed E-state index contributed by atoms with van der Waals surface area (Å²) in [5, 5.41) is 2.84. The number of nitrogens with one attached hydrogen (secondary N) is 1. The van der Waals surface area contributed by atoms with Crippen molar-refractivity contribution >= 4 is 11.8 Å². The molecule has 1 heterocycles. The van der Waals surface area contributed by atoms with E-state index >= 15 is 0 Å². The molecule has 18 heavy (non-hydrogen) atoms. The quantitative estimate of drug-likeness (QED) is 0.831. The lowest BCUT2D eigenvalue weighted by atomic mass is 9.78. The minimum atomic E-state index is -0.763. The Hall–Kier alpha value is -1.06. The zero-order valence-electron chi connectivity index (χ0n) is 11.8. The second kappa shape index (κ2) is 4.56. The van der Waals surface area contributed by atoms with Crippen LogP contribution in [0.4, 0.5) is 0 Å².